The second-order valence-corrected chi connectivity index (χ2v) is 7.00. The summed E-state index contributed by atoms with van der Waals surface area (Å²) in [6.45, 7) is 0.798. The lowest BCUT2D eigenvalue weighted by Crippen LogP contribution is -1.99. The van der Waals surface area contributed by atoms with Crippen molar-refractivity contribution in [3.05, 3.63) is 44.2 Å². The van der Waals surface area contributed by atoms with Gasteiger partial charge in [-0.2, -0.15) is 4.98 Å². The molecular weight excluding hydrogens is 336 g/mol. The Labute approximate surface area is 129 Å². The lowest BCUT2D eigenvalue weighted by atomic mass is 10.2. The first-order valence-electron chi connectivity index (χ1n) is 6.65. The van der Waals surface area contributed by atoms with Gasteiger partial charge in [-0.3, -0.25) is 0 Å². The molecule has 1 N–H and O–H groups in total. The lowest BCUT2D eigenvalue weighted by molar-refractivity contribution is 0.912. The number of pyridine rings is 1. The third kappa shape index (κ3) is 2.13. The number of hydrogen-bond donors (Lipinski definition) is 1. The van der Waals surface area contributed by atoms with Crippen molar-refractivity contribution in [3.63, 3.8) is 0 Å². The molecule has 0 fully saturated rings. The molecule has 0 atom stereocenters. The van der Waals surface area contributed by atoms with E-state index >= 15 is 0 Å². The summed E-state index contributed by atoms with van der Waals surface area (Å²) in [5.41, 5.74) is 2.38. The number of halogens is 1. The van der Waals surface area contributed by atoms with Crippen LogP contribution < -0.4 is 5.32 Å². The van der Waals surface area contributed by atoms with Gasteiger partial charge in [-0.25, -0.2) is 4.52 Å². The fourth-order valence-electron chi connectivity index (χ4n) is 2.59. The van der Waals surface area contributed by atoms with Gasteiger partial charge in [0.05, 0.1) is 11.0 Å². The molecule has 0 saturated carbocycles. The van der Waals surface area contributed by atoms with E-state index in [-0.39, 0.29) is 0 Å². The van der Waals surface area contributed by atoms with E-state index in [1.165, 1.54) is 29.7 Å². The molecule has 0 aromatic carbocycles. The van der Waals surface area contributed by atoms with E-state index in [4.69, 9.17) is 0 Å². The van der Waals surface area contributed by atoms with Gasteiger partial charge in [0, 0.05) is 16.0 Å². The Morgan fingerprint density at radius 3 is 3.20 bits per heavy atom. The van der Waals surface area contributed by atoms with Crippen molar-refractivity contribution in [3.8, 4) is 0 Å². The summed E-state index contributed by atoms with van der Waals surface area (Å²) in [7, 11) is 0. The van der Waals surface area contributed by atoms with Gasteiger partial charge in [0.2, 0.25) is 5.95 Å². The summed E-state index contributed by atoms with van der Waals surface area (Å²) in [6, 6.07) is 6.24. The molecule has 0 spiro atoms. The molecule has 0 unspecified atom stereocenters. The van der Waals surface area contributed by atoms with Gasteiger partial charge in [0.15, 0.2) is 5.65 Å². The average molecular weight is 349 g/mol. The Hall–Kier alpha value is -1.40. The molecular formula is C14H13BrN4S. The van der Waals surface area contributed by atoms with Gasteiger partial charge in [-0.1, -0.05) is 0 Å². The molecule has 0 aliphatic heterocycles. The second-order valence-electron chi connectivity index (χ2n) is 4.93. The molecule has 6 heteroatoms. The van der Waals surface area contributed by atoms with Crippen molar-refractivity contribution < 1.29 is 0 Å². The van der Waals surface area contributed by atoms with Gasteiger partial charge in [-0.05, 0) is 59.0 Å². The minimum atomic E-state index is 0.672. The largest absolute Gasteiger partial charge is 0.348 e. The molecule has 4 nitrogen and oxygen atoms in total. The minimum absolute atomic E-state index is 0.672. The number of hydrogen-bond acceptors (Lipinski definition) is 4. The highest BCUT2D eigenvalue weighted by Gasteiger charge is 2.15. The number of fused-ring (bicyclic) bond motifs is 2. The summed E-state index contributed by atoms with van der Waals surface area (Å²) >= 11 is 5.40. The Balaban J connectivity index is 1.54. The molecule has 1 aliphatic rings. The molecule has 0 saturated heterocycles. The highest BCUT2D eigenvalue weighted by atomic mass is 79.9. The molecule has 0 bridgehead atoms. The van der Waals surface area contributed by atoms with Crippen LogP contribution in [0.25, 0.3) is 5.65 Å². The van der Waals surface area contributed by atoms with Crippen LogP contribution in [0.5, 0.6) is 0 Å². The number of nitrogens with one attached hydrogen (secondary N) is 1. The number of anilines is 1. The van der Waals surface area contributed by atoms with E-state index in [9.17, 15) is 0 Å². The van der Waals surface area contributed by atoms with E-state index in [1.54, 1.807) is 9.39 Å². The van der Waals surface area contributed by atoms with Gasteiger partial charge < -0.3 is 5.32 Å². The van der Waals surface area contributed by atoms with Crippen LogP contribution in [-0.2, 0) is 19.4 Å². The van der Waals surface area contributed by atoms with Crippen LogP contribution in [0.4, 0.5) is 5.95 Å². The third-order valence-corrected chi connectivity index (χ3v) is 5.39. The summed E-state index contributed by atoms with van der Waals surface area (Å²) in [4.78, 5) is 7.42. The zero-order chi connectivity index (χ0) is 13.5. The lowest BCUT2D eigenvalue weighted by Gasteiger charge is -1.98. The first-order valence-corrected chi connectivity index (χ1v) is 8.26. The van der Waals surface area contributed by atoms with E-state index in [1.807, 2.05) is 29.7 Å². The quantitative estimate of drug-likeness (QED) is 0.785. The van der Waals surface area contributed by atoms with Gasteiger partial charge in [-0.15, -0.1) is 16.4 Å². The number of thiophene rings is 1. The smallest absolute Gasteiger partial charge is 0.243 e. The van der Waals surface area contributed by atoms with Crippen molar-refractivity contribution in [1.82, 2.24) is 14.6 Å². The topological polar surface area (TPSA) is 42.2 Å². The van der Waals surface area contributed by atoms with E-state index in [0.29, 0.717) is 5.95 Å². The third-order valence-electron chi connectivity index (χ3n) is 3.53. The number of aromatic nitrogens is 3. The Kier molecular flexibility index (Phi) is 3.00. The molecule has 1 aliphatic carbocycles. The van der Waals surface area contributed by atoms with Crippen molar-refractivity contribution in [2.75, 3.05) is 5.32 Å². The number of nitrogens with zero attached hydrogens (tertiary/aromatic N) is 3. The van der Waals surface area contributed by atoms with Crippen LogP contribution in [0.3, 0.4) is 0 Å². The molecule has 20 heavy (non-hydrogen) atoms. The van der Waals surface area contributed by atoms with Crippen molar-refractivity contribution in [1.29, 1.82) is 0 Å². The molecule has 4 rings (SSSR count). The fourth-order valence-corrected chi connectivity index (χ4v) is 4.22. The second kappa shape index (κ2) is 4.86. The molecule has 3 aromatic heterocycles. The summed E-state index contributed by atoms with van der Waals surface area (Å²) in [5.74, 6) is 0.672. The van der Waals surface area contributed by atoms with E-state index in [0.717, 1.165) is 16.7 Å². The highest BCUT2D eigenvalue weighted by Crippen LogP contribution is 2.30. The molecule has 0 amide bonds. The maximum absolute atomic E-state index is 4.49. The van der Waals surface area contributed by atoms with Crippen LogP contribution in [0, 0.1) is 0 Å². The Morgan fingerprint density at radius 1 is 1.40 bits per heavy atom. The van der Waals surface area contributed by atoms with Gasteiger partial charge in [0.1, 0.15) is 0 Å². The zero-order valence-corrected chi connectivity index (χ0v) is 13.2. The van der Waals surface area contributed by atoms with Crippen molar-refractivity contribution in [2.24, 2.45) is 0 Å². The SMILES string of the molecule is Brc1cccn2nc(NCc3cc4c(s3)CCC4)nc12. The molecule has 3 heterocycles. The Bertz CT molecular complexity index is 755. The first-order chi connectivity index (χ1) is 9.79. The normalized spacial score (nSPS) is 13.8. The molecule has 3 aromatic rings. The average Bonchev–Trinajstić information content (AvgIpc) is 3.10. The Morgan fingerprint density at radius 2 is 2.35 bits per heavy atom. The first kappa shape index (κ1) is 12.3. The van der Waals surface area contributed by atoms with Gasteiger partial charge >= 0.3 is 0 Å². The predicted octanol–water partition coefficient (Wildman–Crippen LogP) is 3.65. The van der Waals surface area contributed by atoms with Gasteiger partial charge in [0.25, 0.3) is 0 Å². The summed E-state index contributed by atoms with van der Waals surface area (Å²) < 4.78 is 2.73. The summed E-state index contributed by atoms with van der Waals surface area (Å²) in [6.07, 6.45) is 5.71. The number of aryl methyl sites for hydroxylation is 2. The van der Waals surface area contributed by atoms with Crippen LogP contribution in [0.1, 0.15) is 21.7 Å². The van der Waals surface area contributed by atoms with Crippen LogP contribution in [0.15, 0.2) is 28.9 Å². The predicted molar refractivity (Wildman–Crippen MR) is 84.4 cm³/mol. The monoisotopic (exact) mass is 348 g/mol. The van der Waals surface area contributed by atoms with E-state index in [2.05, 4.69) is 37.4 Å². The summed E-state index contributed by atoms with van der Waals surface area (Å²) in [5, 5.41) is 7.73. The van der Waals surface area contributed by atoms with Crippen LogP contribution >= 0.6 is 27.3 Å². The minimum Gasteiger partial charge on any atom is -0.348 e. The zero-order valence-electron chi connectivity index (χ0n) is 10.8. The maximum atomic E-state index is 4.49. The number of rotatable bonds is 3. The maximum Gasteiger partial charge on any atom is 0.243 e. The standard InChI is InChI=1S/C14H13BrN4S/c15-11-4-2-6-19-13(11)17-14(18-19)16-8-10-7-9-3-1-5-12(9)20-10/h2,4,6-7H,1,3,5,8H2,(H,16,18). The van der Waals surface area contributed by atoms with Crippen molar-refractivity contribution in [2.45, 2.75) is 25.8 Å². The fraction of sp³-hybridized carbons (Fsp3) is 0.286. The molecule has 102 valence electrons. The molecule has 0 radical (unpaired) electrons. The van der Waals surface area contributed by atoms with E-state index < -0.39 is 0 Å². The van der Waals surface area contributed by atoms with Crippen LogP contribution in [-0.4, -0.2) is 14.6 Å². The highest BCUT2D eigenvalue weighted by molar-refractivity contribution is 9.10. The van der Waals surface area contributed by atoms with Crippen molar-refractivity contribution >= 4 is 38.9 Å². The van der Waals surface area contributed by atoms with Crippen LogP contribution in [0.2, 0.25) is 0 Å².